The first-order valence-electron chi connectivity index (χ1n) is 11.6. The van der Waals surface area contributed by atoms with Crippen LogP contribution in [-0.2, 0) is 24.3 Å². The molecule has 0 saturated heterocycles. The lowest BCUT2D eigenvalue weighted by Gasteiger charge is -2.15. The van der Waals surface area contributed by atoms with Gasteiger partial charge >= 0.3 is 0 Å². The summed E-state index contributed by atoms with van der Waals surface area (Å²) in [5.41, 5.74) is 6.29. The van der Waals surface area contributed by atoms with Crippen molar-refractivity contribution in [3.8, 4) is 0 Å². The molecule has 2 aromatic carbocycles. The van der Waals surface area contributed by atoms with Gasteiger partial charge in [0.2, 0.25) is 5.91 Å². The van der Waals surface area contributed by atoms with Gasteiger partial charge in [-0.3, -0.25) is 9.79 Å². The fraction of sp³-hybridized carbons (Fsp3) is 0.385. The molecule has 0 unspecified atom stereocenters. The molecular weight excluding hydrogens is 398 g/mol. The molecule has 3 N–H and O–H groups in total. The minimum absolute atomic E-state index is 0.212. The van der Waals surface area contributed by atoms with Crippen LogP contribution in [0.2, 0.25) is 0 Å². The first kappa shape index (κ1) is 21.9. The van der Waals surface area contributed by atoms with Crippen LogP contribution in [0.3, 0.4) is 0 Å². The lowest BCUT2D eigenvalue weighted by atomic mass is 10.1. The minimum atomic E-state index is 0.212. The molecule has 6 nitrogen and oxygen atoms in total. The Kier molecular flexibility index (Phi) is 7.10. The highest BCUT2D eigenvalue weighted by Crippen LogP contribution is 2.23. The third-order valence-corrected chi connectivity index (χ3v) is 6.05. The number of amides is 1. The standard InChI is InChI=1S/C26H33N5O/c1-3-27-26(29-16-14-22-19(2)30-24-12-7-6-11-23(22)24)28-15-8-13-25(32)31-17-20-9-4-5-10-21(20)18-31/h4-7,9-12,30H,3,8,13-18H2,1-2H3,(H2,27,28,29). The quantitative estimate of drug-likeness (QED) is 0.288. The summed E-state index contributed by atoms with van der Waals surface area (Å²) in [5, 5.41) is 8.03. The second-order valence-corrected chi connectivity index (χ2v) is 8.33. The SMILES string of the molecule is CCNC(=NCCCC(=O)N1Cc2ccccc2C1)NCCc1c(C)[nH]c2ccccc12. The van der Waals surface area contributed by atoms with Gasteiger partial charge in [0.1, 0.15) is 0 Å². The van der Waals surface area contributed by atoms with Gasteiger partial charge in [-0.1, -0.05) is 42.5 Å². The number of aromatic amines is 1. The maximum Gasteiger partial charge on any atom is 0.223 e. The fourth-order valence-corrected chi connectivity index (χ4v) is 4.39. The van der Waals surface area contributed by atoms with E-state index in [1.165, 1.54) is 33.3 Å². The number of hydrogen-bond donors (Lipinski definition) is 3. The van der Waals surface area contributed by atoms with Crippen molar-refractivity contribution in [2.24, 2.45) is 4.99 Å². The number of aromatic nitrogens is 1. The number of H-pyrrole nitrogens is 1. The van der Waals surface area contributed by atoms with Gasteiger partial charge in [0.05, 0.1) is 0 Å². The average Bonchev–Trinajstić information content (AvgIpc) is 3.37. The lowest BCUT2D eigenvalue weighted by molar-refractivity contribution is -0.131. The van der Waals surface area contributed by atoms with Gasteiger partial charge in [-0.05, 0) is 49.4 Å². The Bertz CT molecular complexity index is 1080. The van der Waals surface area contributed by atoms with E-state index >= 15 is 0 Å². The number of guanidine groups is 1. The van der Waals surface area contributed by atoms with E-state index in [-0.39, 0.29) is 5.91 Å². The van der Waals surface area contributed by atoms with Gasteiger partial charge in [-0.15, -0.1) is 0 Å². The molecule has 1 aliphatic rings. The van der Waals surface area contributed by atoms with Crippen LogP contribution >= 0.6 is 0 Å². The van der Waals surface area contributed by atoms with Gasteiger partial charge in [0.25, 0.3) is 0 Å². The predicted molar refractivity (Wildman–Crippen MR) is 131 cm³/mol. The first-order valence-corrected chi connectivity index (χ1v) is 11.6. The number of para-hydroxylation sites is 1. The van der Waals surface area contributed by atoms with Gasteiger partial charge in [-0.2, -0.15) is 0 Å². The van der Waals surface area contributed by atoms with E-state index in [1.807, 2.05) is 17.0 Å². The van der Waals surface area contributed by atoms with Crippen molar-refractivity contribution in [3.63, 3.8) is 0 Å². The number of rotatable bonds is 8. The maximum atomic E-state index is 12.6. The Hall–Kier alpha value is -3.28. The largest absolute Gasteiger partial charge is 0.358 e. The third kappa shape index (κ3) is 5.13. The normalized spacial score (nSPS) is 13.4. The molecule has 0 atom stereocenters. The number of aliphatic imine (C=N–C) groups is 1. The molecule has 0 bridgehead atoms. The lowest BCUT2D eigenvalue weighted by Crippen LogP contribution is -2.38. The first-order chi connectivity index (χ1) is 15.7. The van der Waals surface area contributed by atoms with Gasteiger partial charge < -0.3 is 20.5 Å². The molecule has 0 spiro atoms. The zero-order valence-corrected chi connectivity index (χ0v) is 19.1. The van der Waals surface area contributed by atoms with Crippen molar-refractivity contribution in [1.29, 1.82) is 0 Å². The molecule has 168 valence electrons. The van der Waals surface area contributed by atoms with Crippen molar-refractivity contribution in [2.45, 2.75) is 46.2 Å². The summed E-state index contributed by atoms with van der Waals surface area (Å²) in [7, 11) is 0. The van der Waals surface area contributed by atoms with E-state index in [4.69, 9.17) is 0 Å². The highest BCUT2D eigenvalue weighted by atomic mass is 16.2. The number of aryl methyl sites for hydroxylation is 1. The zero-order valence-electron chi connectivity index (χ0n) is 19.1. The maximum absolute atomic E-state index is 12.6. The molecular formula is C26H33N5O. The fourth-order valence-electron chi connectivity index (χ4n) is 4.39. The van der Waals surface area contributed by atoms with Crippen LogP contribution in [0.5, 0.6) is 0 Å². The van der Waals surface area contributed by atoms with Crippen molar-refractivity contribution in [3.05, 3.63) is 70.9 Å². The molecule has 6 heteroatoms. The van der Waals surface area contributed by atoms with Crippen molar-refractivity contribution >= 4 is 22.8 Å². The number of carbonyl (C=O) groups excluding carboxylic acids is 1. The van der Waals surface area contributed by atoms with Crippen LogP contribution in [0.4, 0.5) is 0 Å². The second-order valence-electron chi connectivity index (χ2n) is 8.33. The monoisotopic (exact) mass is 431 g/mol. The number of hydrogen-bond acceptors (Lipinski definition) is 2. The number of nitrogens with zero attached hydrogens (tertiary/aromatic N) is 2. The molecule has 1 aromatic heterocycles. The topological polar surface area (TPSA) is 72.5 Å². The molecule has 32 heavy (non-hydrogen) atoms. The number of benzene rings is 2. The second kappa shape index (κ2) is 10.4. The van der Waals surface area contributed by atoms with Crippen molar-refractivity contribution in [2.75, 3.05) is 19.6 Å². The molecule has 4 rings (SSSR count). The zero-order chi connectivity index (χ0) is 22.3. The van der Waals surface area contributed by atoms with Crippen LogP contribution in [0.25, 0.3) is 10.9 Å². The molecule has 1 amide bonds. The van der Waals surface area contributed by atoms with Gasteiger partial charge in [0, 0.05) is 55.7 Å². The molecule has 3 aromatic rings. The Labute approximate surface area is 190 Å². The van der Waals surface area contributed by atoms with Crippen molar-refractivity contribution < 1.29 is 4.79 Å². The smallest absolute Gasteiger partial charge is 0.223 e. The Morgan fingerprint density at radius 1 is 1.06 bits per heavy atom. The van der Waals surface area contributed by atoms with E-state index in [1.54, 1.807) is 0 Å². The van der Waals surface area contributed by atoms with E-state index in [2.05, 4.69) is 70.9 Å². The molecule has 0 saturated carbocycles. The minimum Gasteiger partial charge on any atom is -0.358 e. The van der Waals surface area contributed by atoms with E-state index in [9.17, 15) is 4.79 Å². The summed E-state index contributed by atoms with van der Waals surface area (Å²) < 4.78 is 0. The summed E-state index contributed by atoms with van der Waals surface area (Å²) in [6.07, 6.45) is 2.21. The van der Waals surface area contributed by atoms with E-state index in [0.717, 1.165) is 45.0 Å². The van der Waals surface area contributed by atoms with E-state index in [0.29, 0.717) is 13.0 Å². The van der Waals surface area contributed by atoms with Crippen LogP contribution in [0, 0.1) is 6.92 Å². The van der Waals surface area contributed by atoms with Gasteiger partial charge in [-0.25, -0.2) is 0 Å². The van der Waals surface area contributed by atoms with Crippen LogP contribution in [0.1, 0.15) is 42.1 Å². The van der Waals surface area contributed by atoms with Crippen molar-refractivity contribution in [1.82, 2.24) is 20.5 Å². The number of fused-ring (bicyclic) bond motifs is 2. The summed E-state index contributed by atoms with van der Waals surface area (Å²) in [6, 6.07) is 16.7. The Morgan fingerprint density at radius 3 is 2.53 bits per heavy atom. The Morgan fingerprint density at radius 2 is 1.78 bits per heavy atom. The molecule has 0 radical (unpaired) electrons. The Balaban J connectivity index is 1.23. The highest BCUT2D eigenvalue weighted by Gasteiger charge is 2.22. The summed E-state index contributed by atoms with van der Waals surface area (Å²) in [5.74, 6) is 1.02. The van der Waals surface area contributed by atoms with Crippen LogP contribution in [0.15, 0.2) is 53.5 Å². The molecule has 2 heterocycles. The summed E-state index contributed by atoms with van der Waals surface area (Å²) in [6.45, 7) is 7.90. The molecule has 0 aliphatic carbocycles. The number of nitrogens with one attached hydrogen (secondary N) is 3. The van der Waals surface area contributed by atoms with E-state index < -0.39 is 0 Å². The predicted octanol–water partition coefficient (Wildman–Crippen LogP) is 3.90. The number of carbonyl (C=O) groups is 1. The van der Waals surface area contributed by atoms with Crippen LogP contribution < -0.4 is 10.6 Å². The highest BCUT2D eigenvalue weighted by molar-refractivity contribution is 5.85. The van der Waals surface area contributed by atoms with Crippen LogP contribution in [-0.4, -0.2) is 41.4 Å². The average molecular weight is 432 g/mol. The van der Waals surface area contributed by atoms with Gasteiger partial charge in [0.15, 0.2) is 5.96 Å². The molecule has 0 fully saturated rings. The summed E-state index contributed by atoms with van der Waals surface area (Å²) >= 11 is 0. The third-order valence-electron chi connectivity index (χ3n) is 6.05. The molecule has 1 aliphatic heterocycles. The summed E-state index contributed by atoms with van der Waals surface area (Å²) in [4.78, 5) is 22.6.